The minimum atomic E-state index is -4.75. The van der Waals surface area contributed by atoms with Gasteiger partial charge in [-0.2, -0.15) is 4.68 Å². The number of carbonyl (C=O) groups excluding carboxylic acids is 1. The number of ether oxygens (including phenoxy) is 1. The summed E-state index contributed by atoms with van der Waals surface area (Å²) in [6.07, 6.45) is 0.689. The van der Waals surface area contributed by atoms with Crippen molar-refractivity contribution in [3.63, 3.8) is 0 Å². The van der Waals surface area contributed by atoms with Crippen LogP contribution in [0, 0.1) is 0 Å². The molecular weight excluding hydrogens is 395 g/mol. The molecule has 1 aliphatic carbocycles. The van der Waals surface area contributed by atoms with E-state index in [2.05, 4.69) is 25.6 Å². The zero-order valence-electron chi connectivity index (χ0n) is 15.1. The number of hydrogen-bond donors (Lipinski definition) is 1. The van der Waals surface area contributed by atoms with Gasteiger partial charge in [-0.3, -0.25) is 4.79 Å². The maximum atomic E-state index is 12.4. The molecule has 1 amide bonds. The Morgan fingerprint density at radius 3 is 2.57 bits per heavy atom. The maximum absolute atomic E-state index is 12.4. The second-order valence-corrected chi connectivity index (χ2v) is 7.83. The van der Waals surface area contributed by atoms with E-state index in [4.69, 9.17) is 0 Å². The van der Waals surface area contributed by atoms with Gasteiger partial charge >= 0.3 is 6.36 Å². The summed E-state index contributed by atoms with van der Waals surface area (Å²) in [6, 6.07) is 5.39. The largest absolute Gasteiger partial charge is 0.573 e. The number of benzene rings is 1. The van der Waals surface area contributed by atoms with Crippen LogP contribution >= 0.6 is 11.8 Å². The highest BCUT2D eigenvalue weighted by Crippen LogP contribution is 2.27. The van der Waals surface area contributed by atoms with Crippen LogP contribution in [-0.4, -0.2) is 43.8 Å². The third-order valence-electron chi connectivity index (χ3n) is 4.36. The molecule has 1 saturated carbocycles. The topological polar surface area (TPSA) is 81.9 Å². The van der Waals surface area contributed by atoms with Gasteiger partial charge in [-0.05, 0) is 54.5 Å². The van der Waals surface area contributed by atoms with Gasteiger partial charge in [0.2, 0.25) is 11.1 Å². The van der Waals surface area contributed by atoms with Crippen molar-refractivity contribution in [2.45, 2.75) is 61.8 Å². The number of thioether (sulfide) groups is 1. The van der Waals surface area contributed by atoms with Crippen LogP contribution in [0.25, 0.3) is 5.69 Å². The van der Waals surface area contributed by atoms with E-state index < -0.39 is 11.6 Å². The van der Waals surface area contributed by atoms with E-state index in [-0.39, 0.29) is 17.7 Å². The van der Waals surface area contributed by atoms with E-state index >= 15 is 0 Å². The summed E-state index contributed by atoms with van der Waals surface area (Å²) >= 11 is 1.19. The third kappa shape index (κ3) is 5.60. The summed E-state index contributed by atoms with van der Waals surface area (Å²) in [5.41, 5.74) is 0.460. The molecule has 28 heavy (non-hydrogen) atoms. The van der Waals surface area contributed by atoms with Gasteiger partial charge in [0.05, 0.1) is 10.9 Å². The third-order valence-corrected chi connectivity index (χ3v) is 5.39. The molecule has 1 N–H and O–H groups in total. The van der Waals surface area contributed by atoms with Crippen molar-refractivity contribution in [1.82, 2.24) is 25.5 Å². The Bertz CT molecular complexity index is 791. The first kappa shape index (κ1) is 20.4. The molecule has 0 bridgehead atoms. The Hall–Kier alpha value is -2.30. The van der Waals surface area contributed by atoms with Gasteiger partial charge in [-0.25, -0.2) is 0 Å². The molecule has 0 unspecified atom stereocenters. The van der Waals surface area contributed by atoms with E-state index in [1.165, 1.54) is 47.1 Å². The molecule has 1 aromatic heterocycles. The Balaban J connectivity index is 1.63. The molecule has 1 heterocycles. The van der Waals surface area contributed by atoms with E-state index in [9.17, 15) is 18.0 Å². The van der Waals surface area contributed by atoms with E-state index in [0.29, 0.717) is 10.8 Å². The lowest BCUT2D eigenvalue weighted by molar-refractivity contribution is -0.274. The maximum Gasteiger partial charge on any atom is 0.573 e. The Morgan fingerprint density at radius 1 is 1.25 bits per heavy atom. The number of nitrogens with one attached hydrogen (secondary N) is 1. The summed E-state index contributed by atoms with van der Waals surface area (Å²) in [5.74, 6) is -0.417. The van der Waals surface area contributed by atoms with Crippen LogP contribution in [0.3, 0.4) is 0 Å². The Morgan fingerprint density at radius 2 is 1.93 bits per heavy atom. The van der Waals surface area contributed by atoms with Gasteiger partial charge in [0.1, 0.15) is 5.75 Å². The molecule has 0 saturated heterocycles. The van der Waals surface area contributed by atoms with Crippen LogP contribution in [-0.2, 0) is 4.79 Å². The summed E-state index contributed by atoms with van der Waals surface area (Å²) in [6.45, 7) is 1.77. The fourth-order valence-electron chi connectivity index (χ4n) is 2.98. The molecule has 1 aliphatic rings. The minimum Gasteiger partial charge on any atom is -0.406 e. The second kappa shape index (κ2) is 8.80. The van der Waals surface area contributed by atoms with Crippen molar-refractivity contribution in [2.75, 3.05) is 0 Å². The van der Waals surface area contributed by atoms with Crippen molar-refractivity contribution in [1.29, 1.82) is 0 Å². The molecule has 152 valence electrons. The molecule has 1 atom stereocenters. The van der Waals surface area contributed by atoms with Gasteiger partial charge in [-0.15, -0.1) is 18.3 Å². The smallest absolute Gasteiger partial charge is 0.406 e. The lowest BCUT2D eigenvalue weighted by atomic mass is 9.95. The molecule has 0 aliphatic heterocycles. The number of amides is 1. The average molecular weight is 415 g/mol. The minimum absolute atomic E-state index is 0.0830. The number of aromatic nitrogens is 4. The first-order valence-electron chi connectivity index (χ1n) is 8.93. The number of hydrogen-bond acceptors (Lipinski definition) is 6. The molecule has 3 rings (SSSR count). The lowest BCUT2D eigenvalue weighted by Gasteiger charge is -2.24. The van der Waals surface area contributed by atoms with Crippen LogP contribution in [0.15, 0.2) is 29.4 Å². The number of carbonyl (C=O) groups is 1. The first-order valence-corrected chi connectivity index (χ1v) is 9.81. The van der Waals surface area contributed by atoms with Gasteiger partial charge in [-0.1, -0.05) is 31.0 Å². The molecular formula is C17H20F3N5O2S. The number of nitrogens with zero attached hydrogens (tertiary/aromatic N) is 4. The van der Waals surface area contributed by atoms with Crippen LogP contribution in [0.1, 0.15) is 39.0 Å². The number of tetrazole rings is 1. The zero-order chi connectivity index (χ0) is 20.1. The fraction of sp³-hybridized carbons (Fsp3) is 0.529. The SMILES string of the molecule is C[C@H](Sc1nnnn1-c1ccc(OC(F)(F)F)cc1)C(=O)NC1CCCCC1. The highest BCUT2D eigenvalue weighted by atomic mass is 32.2. The second-order valence-electron chi connectivity index (χ2n) is 6.52. The highest BCUT2D eigenvalue weighted by molar-refractivity contribution is 8.00. The van der Waals surface area contributed by atoms with E-state index in [1.807, 2.05) is 0 Å². The number of alkyl halides is 3. The van der Waals surface area contributed by atoms with E-state index in [1.54, 1.807) is 6.92 Å². The normalized spacial score (nSPS) is 16.6. The molecule has 7 nitrogen and oxygen atoms in total. The molecule has 1 aromatic carbocycles. The van der Waals surface area contributed by atoms with Crippen LogP contribution in [0.4, 0.5) is 13.2 Å². The Labute approximate surface area is 164 Å². The van der Waals surface area contributed by atoms with Gasteiger partial charge in [0.25, 0.3) is 0 Å². The molecule has 11 heteroatoms. The quantitative estimate of drug-likeness (QED) is 0.728. The van der Waals surface area contributed by atoms with Crippen molar-refractivity contribution in [2.24, 2.45) is 0 Å². The Kier molecular flexibility index (Phi) is 6.42. The monoisotopic (exact) mass is 415 g/mol. The van der Waals surface area contributed by atoms with Crippen molar-refractivity contribution >= 4 is 17.7 Å². The summed E-state index contributed by atoms with van der Waals surface area (Å²) in [4.78, 5) is 12.4. The molecule has 0 radical (unpaired) electrons. The molecule has 2 aromatic rings. The fourth-order valence-corrected chi connectivity index (χ4v) is 3.80. The van der Waals surface area contributed by atoms with E-state index in [0.717, 1.165) is 25.7 Å². The van der Waals surface area contributed by atoms with Gasteiger partial charge in [0, 0.05) is 6.04 Å². The average Bonchev–Trinajstić information content (AvgIpc) is 3.10. The van der Waals surface area contributed by atoms with Gasteiger partial charge in [0.15, 0.2) is 0 Å². The molecule has 0 spiro atoms. The standard InChI is InChI=1S/C17H20F3N5O2S/c1-11(15(26)21-12-5-3-2-4-6-12)28-16-22-23-24-25(16)13-7-9-14(10-8-13)27-17(18,19)20/h7-12H,2-6H2,1H3,(H,21,26)/t11-/m0/s1. The zero-order valence-corrected chi connectivity index (χ0v) is 16.0. The summed E-state index contributed by atoms with van der Waals surface area (Å²) < 4.78 is 42.0. The van der Waals surface area contributed by atoms with Crippen LogP contribution < -0.4 is 10.1 Å². The predicted octanol–water partition coefficient (Wildman–Crippen LogP) is 3.49. The van der Waals surface area contributed by atoms with Gasteiger partial charge < -0.3 is 10.1 Å². The number of rotatable bonds is 6. The number of halogens is 3. The van der Waals surface area contributed by atoms with Crippen LogP contribution in [0.2, 0.25) is 0 Å². The van der Waals surface area contributed by atoms with Crippen molar-refractivity contribution in [3.8, 4) is 11.4 Å². The first-order chi connectivity index (χ1) is 13.3. The highest BCUT2D eigenvalue weighted by Gasteiger charge is 2.31. The molecule has 1 fully saturated rings. The lowest BCUT2D eigenvalue weighted by Crippen LogP contribution is -2.40. The predicted molar refractivity (Wildman–Crippen MR) is 96.2 cm³/mol. The summed E-state index contributed by atoms with van der Waals surface area (Å²) in [5, 5.41) is 14.4. The summed E-state index contributed by atoms with van der Waals surface area (Å²) in [7, 11) is 0. The van der Waals surface area contributed by atoms with Crippen molar-refractivity contribution < 1.29 is 22.7 Å². The van der Waals surface area contributed by atoms with Crippen molar-refractivity contribution in [3.05, 3.63) is 24.3 Å². The van der Waals surface area contributed by atoms with Crippen LogP contribution in [0.5, 0.6) is 5.75 Å².